The predicted octanol–water partition coefficient (Wildman–Crippen LogP) is 3.06. The highest BCUT2D eigenvalue weighted by molar-refractivity contribution is 4.94. The van der Waals surface area contributed by atoms with E-state index < -0.39 is 0 Å². The molecule has 0 aromatic rings. The van der Waals surface area contributed by atoms with Crippen LogP contribution in [0.15, 0.2) is 12.2 Å². The Morgan fingerprint density at radius 2 is 1.75 bits per heavy atom. The molecule has 0 aromatic heterocycles. The fraction of sp³-hybridized carbons (Fsp3) is 0.818. The van der Waals surface area contributed by atoms with Crippen molar-refractivity contribution in [3.63, 3.8) is 0 Å². The van der Waals surface area contributed by atoms with Gasteiger partial charge >= 0.3 is 0 Å². The van der Waals surface area contributed by atoms with E-state index in [0.717, 1.165) is 6.61 Å². The van der Waals surface area contributed by atoms with Crippen LogP contribution in [0.5, 0.6) is 0 Å². The standard InChI is InChI=1S/C11H18O/c1-3-7-11(8-4-1)9-5-2-6-10-12-11/h2,6H,1,3-5,7-10H2. The second-order valence-electron chi connectivity index (χ2n) is 4.06. The van der Waals surface area contributed by atoms with Gasteiger partial charge < -0.3 is 4.74 Å². The third-order valence-electron chi connectivity index (χ3n) is 3.18. The van der Waals surface area contributed by atoms with Crippen LogP contribution >= 0.6 is 0 Å². The second kappa shape index (κ2) is 3.61. The van der Waals surface area contributed by atoms with Gasteiger partial charge in [-0.25, -0.2) is 0 Å². The quantitative estimate of drug-likeness (QED) is 0.502. The van der Waals surface area contributed by atoms with Gasteiger partial charge in [-0.3, -0.25) is 0 Å². The highest BCUT2D eigenvalue weighted by atomic mass is 16.5. The van der Waals surface area contributed by atoms with Crippen molar-refractivity contribution in [2.75, 3.05) is 6.61 Å². The van der Waals surface area contributed by atoms with E-state index in [1.807, 2.05) is 0 Å². The van der Waals surface area contributed by atoms with Crippen molar-refractivity contribution < 1.29 is 4.74 Å². The molecule has 1 aliphatic carbocycles. The first-order valence-electron chi connectivity index (χ1n) is 5.20. The smallest absolute Gasteiger partial charge is 0.0689 e. The maximum Gasteiger partial charge on any atom is 0.0689 e. The SMILES string of the molecule is C1=CCOC2(CC1)CCCCC2. The van der Waals surface area contributed by atoms with E-state index in [0.29, 0.717) is 0 Å². The van der Waals surface area contributed by atoms with Crippen LogP contribution in [0.1, 0.15) is 44.9 Å². The molecule has 1 nitrogen and oxygen atoms in total. The average Bonchev–Trinajstić information content (AvgIpc) is 2.33. The van der Waals surface area contributed by atoms with E-state index in [1.54, 1.807) is 0 Å². The van der Waals surface area contributed by atoms with Crippen molar-refractivity contribution in [1.82, 2.24) is 0 Å². The molecule has 0 aromatic carbocycles. The first-order chi connectivity index (χ1) is 5.91. The summed E-state index contributed by atoms with van der Waals surface area (Å²) >= 11 is 0. The molecule has 0 atom stereocenters. The molecule has 68 valence electrons. The van der Waals surface area contributed by atoms with Gasteiger partial charge in [-0.05, 0) is 25.7 Å². The maximum atomic E-state index is 5.94. The van der Waals surface area contributed by atoms with E-state index >= 15 is 0 Å². The molecule has 1 fully saturated rings. The fourth-order valence-electron chi connectivity index (χ4n) is 2.42. The molecular weight excluding hydrogens is 148 g/mol. The zero-order valence-electron chi connectivity index (χ0n) is 7.72. The van der Waals surface area contributed by atoms with Crippen molar-refractivity contribution in [3.8, 4) is 0 Å². The van der Waals surface area contributed by atoms with Crippen LogP contribution in [-0.4, -0.2) is 12.2 Å². The molecule has 12 heavy (non-hydrogen) atoms. The molecule has 0 radical (unpaired) electrons. The second-order valence-corrected chi connectivity index (χ2v) is 4.06. The molecule has 1 heteroatoms. The molecule has 1 heterocycles. The Hall–Kier alpha value is -0.300. The largest absolute Gasteiger partial charge is 0.371 e. The summed E-state index contributed by atoms with van der Waals surface area (Å²) in [4.78, 5) is 0. The van der Waals surface area contributed by atoms with Crippen LogP contribution in [-0.2, 0) is 4.74 Å². The van der Waals surface area contributed by atoms with Crippen molar-refractivity contribution in [3.05, 3.63) is 12.2 Å². The third-order valence-corrected chi connectivity index (χ3v) is 3.18. The summed E-state index contributed by atoms with van der Waals surface area (Å²) in [5, 5.41) is 0. The zero-order chi connectivity index (χ0) is 8.28. The molecule has 0 bridgehead atoms. The Balaban J connectivity index is 1.98. The lowest BCUT2D eigenvalue weighted by molar-refractivity contribution is -0.0595. The van der Waals surface area contributed by atoms with E-state index in [9.17, 15) is 0 Å². The lowest BCUT2D eigenvalue weighted by atomic mass is 9.81. The van der Waals surface area contributed by atoms with Crippen molar-refractivity contribution in [2.24, 2.45) is 0 Å². The summed E-state index contributed by atoms with van der Waals surface area (Å²) in [5.41, 5.74) is 0.280. The molecule has 1 saturated carbocycles. The molecular formula is C11H18O. The van der Waals surface area contributed by atoms with Gasteiger partial charge in [0.1, 0.15) is 0 Å². The summed E-state index contributed by atoms with van der Waals surface area (Å²) in [5.74, 6) is 0. The molecule has 0 saturated heterocycles. The Kier molecular flexibility index (Phi) is 2.50. The van der Waals surface area contributed by atoms with E-state index in [4.69, 9.17) is 4.74 Å². The van der Waals surface area contributed by atoms with Gasteiger partial charge in [-0.2, -0.15) is 0 Å². The van der Waals surface area contributed by atoms with Gasteiger partial charge in [0.15, 0.2) is 0 Å². The van der Waals surface area contributed by atoms with Crippen LogP contribution in [0, 0.1) is 0 Å². The van der Waals surface area contributed by atoms with E-state index in [2.05, 4.69) is 12.2 Å². The Labute approximate surface area is 74.8 Å². The number of ether oxygens (including phenoxy) is 1. The highest BCUT2D eigenvalue weighted by Gasteiger charge is 2.32. The summed E-state index contributed by atoms with van der Waals surface area (Å²) in [6.07, 6.45) is 13.7. The topological polar surface area (TPSA) is 9.23 Å². The molecule has 2 aliphatic rings. The van der Waals surface area contributed by atoms with Gasteiger partial charge in [0.05, 0.1) is 12.2 Å². The molecule has 0 N–H and O–H groups in total. The molecule has 0 unspecified atom stereocenters. The van der Waals surface area contributed by atoms with Crippen LogP contribution < -0.4 is 0 Å². The summed E-state index contributed by atoms with van der Waals surface area (Å²) in [7, 11) is 0. The van der Waals surface area contributed by atoms with E-state index in [-0.39, 0.29) is 5.60 Å². The van der Waals surface area contributed by atoms with Crippen molar-refractivity contribution >= 4 is 0 Å². The van der Waals surface area contributed by atoms with Crippen molar-refractivity contribution in [2.45, 2.75) is 50.5 Å². The number of rotatable bonds is 0. The normalized spacial score (nSPS) is 28.7. The van der Waals surface area contributed by atoms with Gasteiger partial charge in [-0.15, -0.1) is 0 Å². The van der Waals surface area contributed by atoms with Crippen LogP contribution in [0.25, 0.3) is 0 Å². The number of hydrogen-bond donors (Lipinski definition) is 0. The maximum absolute atomic E-state index is 5.94. The first kappa shape index (κ1) is 8.31. The van der Waals surface area contributed by atoms with Crippen LogP contribution in [0.4, 0.5) is 0 Å². The third kappa shape index (κ3) is 1.71. The van der Waals surface area contributed by atoms with Gasteiger partial charge in [0, 0.05) is 0 Å². The van der Waals surface area contributed by atoms with Crippen molar-refractivity contribution in [1.29, 1.82) is 0 Å². The molecule has 2 rings (SSSR count). The minimum Gasteiger partial charge on any atom is -0.371 e. The van der Waals surface area contributed by atoms with Crippen LogP contribution in [0.2, 0.25) is 0 Å². The Morgan fingerprint density at radius 1 is 0.917 bits per heavy atom. The average molecular weight is 166 g/mol. The van der Waals surface area contributed by atoms with Gasteiger partial charge in [0.2, 0.25) is 0 Å². The van der Waals surface area contributed by atoms with E-state index in [1.165, 1.54) is 44.9 Å². The summed E-state index contributed by atoms with van der Waals surface area (Å²) in [6, 6.07) is 0. The predicted molar refractivity (Wildman–Crippen MR) is 50.1 cm³/mol. The monoisotopic (exact) mass is 166 g/mol. The summed E-state index contributed by atoms with van der Waals surface area (Å²) in [6.45, 7) is 0.847. The highest BCUT2D eigenvalue weighted by Crippen LogP contribution is 2.36. The lowest BCUT2D eigenvalue weighted by Gasteiger charge is -2.36. The van der Waals surface area contributed by atoms with Gasteiger partial charge in [0.25, 0.3) is 0 Å². The number of hydrogen-bond acceptors (Lipinski definition) is 1. The van der Waals surface area contributed by atoms with Gasteiger partial charge in [-0.1, -0.05) is 31.4 Å². The molecule has 1 aliphatic heterocycles. The summed E-state index contributed by atoms with van der Waals surface area (Å²) < 4.78 is 5.94. The lowest BCUT2D eigenvalue weighted by Crippen LogP contribution is -2.34. The zero-order valence-corrected chi connectivity index (χ0v) is 7.72. The van der Waals surface area contributed by atoms with Crippen LogP contribution in [0.3, 0.4) is 0 Å². The minimum absolute atomic E-state index is 0.280. The molecule has 1 spiro atoms. The Morgan fingerprint density at radius 3 is 2.58 bits per heavy atom. The Bertz CT molecular complexity index is 154. The molecule has 0 amide bonds. The minimum atomic E-state index is 0.280. The fourth-order valence-corrected chi connectivity index (χ4v) is 2.42. The number of allylic oxidation sites excluding steroid dienone is 1. The first-order valence-corrected chi connectivity index (χ1v) is 5.20.